The lowest BCUT2D eigenvalue weighted by molar-refractivity contribution is 0.394. The number of fused-ring (bicyclic) bond motifs is 1. The summed E-state index contributed by atoms with van der Waals surface area (Å²) in [5, 5.41) is 10.9. The van der Waals surface area contributed by atoms with Gasteiger partial charge < -0.3 is 10.5 Å². The van der Waals surface area contributed by atoms with Gasteiger partial charge in [0.25, 0.3) is 0 Å². The SMILES string of the molecule is C=N/C(=C\C=C/CCC(C)(C#N)c1ccc2cc(CC)c(OC)nc2c1)CN. The lowest BCUT2D eigenvalue weighted by Crippen LogP contribution is -2.19. The first-order chi connectivity index (χ1) is 13.5. The van der Waals surface area contributed by atoms with Gasteiger partial charge >= 0.3 is 0 Å². The number of pyridine rings is 1. The number of nitriles is 1. The largest absolute Gasteiger partial charge is 0.481 e. The molecule has 0 radical (unpaired) electrons. The molecule has 5 nitrogen and oxygen atoms in total. The van der Waals surface area contributed by atoms with E-state index in [0.717, 1.165) is 40.6 Å². The van der Waals surface area contributed by atoms with E-state index in [1.54, 1.807) is 7.11 Å². The number of aromatic nitrogens is 1. The second-order valence-corrected chi connectivity index (χ2v) is 6.85. The minimum absolute atomic E-state index is 0.358. The second kappa shape index (κ2) is 9.82. The fraction of sp³-hybridized carbons (Fsp3) is 0.348. The van der Waals surface area contributed by atoms with Crippen LogP contribution in [0.25, 0.3) is 10.9 Å². The minimum atomic E-state index is -0.603. The Hall–Kier alpha value is -2.97. The summed E-state index contributed by atoms with van der Waals surface area (Å²) >= 11 is 0. The lowest BCUT2D eigenvalue weighted by atomic mass is 9.79. The molecule has 1 heterocycles. The predicted octanol–water partition coefficient (Wildman–Crippen LogP) is 4.47. The Kier molecular flexibility index (Phi) is 7.48. The van der Waals surface area contributed by atoms with Crippen molar-refractivity contribution in [2.75, 3.05) is 13.7 Å². The van der Waals surface area contributed by atoms with E-state index >= 15 is 0 Å². The molecule has 28 heavy (non-hydrogen) atoms. The lowest BCUT2D eigenvalue weighted by Gasteiger charge is -2.22. The topological polar surface area (TPSA) is 84.3 Å². The van der Waals surface area contributed by atoms with Crippen LogP contribution in [0, 0.1) is 11.3 Å². The number of benzene rings is 1. The third-order valence-electron chi connectivity index (χ3n) is 4.96. The van der Waals surface area contributed by atoms with Crippen LogP contribution in [0.5, 0.6) is 5.88 Å². The highest BCUT2D eigenvalue weighted by Crippen LogP contribution is 2.32. The smallest absolute Gasteiger partial charge is 0.216 e. The maximum Gasteiger partial charge on any atom is 0.216 e. The fourth-order valence-electron chi connectivity index (χ4n) is 3.06. The van der Waals surface area contributed by atoms with Crippen LogP contribution in [0.15, 0.2) is 53.2 Å². The summed E-state index contributed by atoms with van der Waals surface area (Å²) in [5.41, 5.74) is 8.57. The van der Waals surface area contributed by atoms with E-state index in [1.807, 2.05) is 43.4 Å². The molecule has 146 valence electrons. The molecule has 0 bridgehead atoms. The third kappa shape index (κ3) is 4.85. The summed E-state index contributed by atoms with van der Waals surface area (Å²) in [6.45, 7) is 7.88. The van der Waals surface area contributed by atoms with Crippen LogP contribution < -0.4 is 10.5 Å². The Morgan fingerprint density at radius 2 is 2.21 bits per heavy atom. The fourth-order valence-corrected chi connectivity index (χ4v) is 3.06. The first kappa shape index (κ1) is 21.3. The molecule has 0 aliphatic rings. The summed E-state index contributed by atoms with van der Waals surface area (Å²) < 4.78 is 5.41. The normalized spacial score (nSPS) is 14.0. The van der Waals surface area contributed by atoms with Crippen LogP contribution in [0.2, 0.25) is 0 Å². The molecule has 0 saturated carbocycles. The molecule has 2 rings (SSSR count). The van der Waals surface area contributed by atoms with Crippen molar-refractivity contribution >= 4 is 17.6 Å². The van der Waals surface area contributed by atoms with Gasteiger partial charge in [-0.05, 0) is 56.7 Å². The highest BCUT2D eigenvalue weighted by atomic mass is 16.5. The van der Waals surface area contributed by atoms with E-state index < -0.39 is 5.41 Å². The maximum absolute atomic E-state index is 9.84. The van der Waals surface area contributed by atoms with Gasteiger partial charge in [0.1, 0.15) is 0 Å². The molecule has 1 aromatic carbocycles. The van der Waals surface area contributed by atoms with Crippen molar-refractivity contribution in [3.05, 3.63) is 59.3 Å². The van der Waals surface area contributed by atoms with E-state index in [-0.39, 0.29) is 0 Å². The standard InChI is InChI=1S/C23H28N4O/c1-5-17-13-18-10-11-19(14-21(18)27-22(17)28-4)23(2,16-25)12-8-6-7-9-20(15-24)26-3/h6-7,9-11,13-14H,3,5,8,12,15,24H2,1-2,4H3/b7-6-,20-9-. The zero-order chi connectivity index (χ0) is 20.6. The number of hydrogen-bond donors (Lipinski definition) is 1. The van der Waals surface area contributed by atoms with Crippen LogP contribution >= 0.6 is 0 Å². The van der Waals surface area contributed by atoms with Crippen molar-refractivity contribution in [1.82, 2.24) is 4.98 Å². The number of rotatable bonds is 9. The molecule has 1 aromatic heterocycles. The quantitative estimate of drug-likeness (QED) is 0.517. The molecule has 0 amide bonds. The van der Waals surface area contributed by atoms with Gasteiger partial charge in [0.05, 0.1) is 29.8 Å². The molecule has 1 atom stereocenters. The van der Waals surface area contributed by atoms with Gasteiger partial charge in [0.2, 0.25) is 5.88 Å². The molecule has 0 spiro atoms. The van der Waals surface area contributed by atoms with Gasteiger partial charge in [-0.3, -0.25) is 4.99 Å². The number of hydrogen-bond acceptors (Lipinski definition) is 5. The number of ether oxygens (including phenoxy) is 1. The summed E-state index contributed by atoms with van der Waals surface area (Å²) in [6, 6.07) is 10.6. The Labute approximate surface area is 167 Å². The van der Waals surface area contributed by atoms with E-state index in [9.17, 15) is 5.26 Å². The van der Waals surface area contributed by atoms with Crippen molar-refractivity contribution in [2.45, 2.75) is 38.5 Å². The molecule has 1 unspecified atom stereocenters. The molecule has 0 saturated heterocycles. The second-order valence-electron chi connectivity index (χ2n) is 6.85. The van der Waals surface area contributed by atoms with Gasteiger partial charge in [0.15, 0.2) is 0 Å². The van der Waals surface area contributed by atoms with E-state index in [0.29, 0.717) is 18.8 Å². The van der Waals surface area contributed by atoms with Crippen molar-refractivity contribution in [2.24, 2.45) is 10.7 Å². The van der Waals surface area contributed by atoms with Gasteiger partial charge in [-0.15, -0.1) is 0 Å². The maximum atomic E-state index is 9.84. The Balaban J connectivity index is 2.25. The first-order valence-corrected chi connectivity index (χ1v) is 9.43. The predicted molar refractivity (Wildman–Crippen MR) is 116 cm³/mol. The van der Waals surface area contributed by atoms with Crippen LogP contribution in [0.3, 0.4) is 0 Å². The molecule has 5 heteroatoms. The molecule has 0 aliphatic heterocycles. The molecule has 0 aliphatic carbocycles. The summed E-state index contributed by atoms with van der Waals surface area (Å²) in [5.74, 6) is 0.645. The minimum Gasteiger partial charge on any atom is -0.481 e. The van der Waals surface area contributed by atoms with Crippen molar-refractivity contribution in [3.63, 3.8) is 0 Å². The van der Waals surface area contributed by atoms with Gasteiger partial charge in [-0.1, -0.05) is 31.2 Å². The number of allylic oxidation sites excluding steroid dienone is 3. The number of aryl methyl sites for hydroxylation is 1. The van der Waals surface area contributed by atoms with Crippen molar-refractivity contribution in [3.8, 4) is 11.9 Å². The zero-order valence-electron chi connectivity index (χ0n) is 16.9. The van der Waals surface area contributed by atoms with E-state index in [2.05, 4.69) is 35.8 Å². The Morgan fingerprint density at radius 1 is 1.43 bits per heavy atom. The molecule has 0 fully saturated rings. The Bertz CT molecular complexity index is 940. The van der Waals surface area contributed by atoms with Crippen LogP contribution in [0.1, 0.15) is 37.8 Å². The van der Waals surface area contributed by atoms with Crippen molar-refractivity contribution < 1.29 is 4.74 Å². The number of nitrogens with two attached hydrogens (primary N) is 1. The summed E-state index contributed by atoms with van der Waals surface area (Å²) in [4.78, 5) is 8.48. The molecule has 2 aromatic rings. The van der Waals surface area contributed by atoms with Crippen LogP contribution in [-0.2, 0) is 11.8 Å². The average molecular weight is 377 g/mol. The third-order valence-corrected chi connectivity index (χ3v) is 4.96. The van der Waals surface area contributed by atoms with E-state index in [4.69, 9.17) is 10.5 Å². The van der Waals surface area contributed by atoms with Gasteiger partial charge in [-0.25, -0.2) is 4.98 Å². The van der Waals surface area contributed by atoms with Gasteiger partial charge in [0, 0.05) is 17.5 Å². The number of aliphatic imine (C=N–C) groups is 1. The first-order valence-electron chi connectivity index (χ1n) is 9.43. The highest BCUT2D eigenvalue weighted by Gasteiger charge is 2.26. The average Bonchev–Trinajstić information content (AvgIpc) is 2.74. The van der Waals surface area contributed by atoms with E-state index in [1.165, 1.54) is 0 Å². The highest BCUT2D eigenvalue weighted by molar-refractivity contribution is 5.81. The van der Waals surface area contributed by atoms with Gasteiger partial charge in [-0.2, -0.15) is 5.26 Å². The van der Waals surface area contributed by atoms with Crippen LogP contribution in [-0.4, -0.2) is 25.4 Å². The van der Waals surface area contributed by atoms with Crippen molar-refractivity contribution in [1.29, 1.82) is 5.26 Å². The summed E-state index contributed by atoms with van der Waals surface area (Å²) in [6.07, 6.45) is 8.09. The van der Waals surface area contributed by atoms with Crippen LogP contribution in [0.4, 0.5) is 0 Å². The number of methoxy groups -OCH3 is 1. The molecular weight excluding hydrogens is 348 g/mol. The number of nitrogens with zero attached hydrogens (tertiary/aromatic N) is 3. The Morgan fingerprint density at radius 3 is 2.82 bits per heavy atom. The summed E-state index contributed by atoms with van der Waals surface area (Å²) in [7, 11) is 1.63. The molecular formula is C23H28N4O. The monoisotopic (exact) mass is 376 g/mol. The zero-order valence-corrected chi connectivity index (χ0v) is 16.9. The molecule has 2 N–H and O–H groups in total.